The summed E-state index contributed by atoms with van der Waals surface area (Å²) in [5.41, 5.74) is -0.494. The van der Waals surface area contributed by atoms with Crippen molar-refractivity contribution in [2.24, 2.45) is 4.99 Å². The average molecular weight is 392 g/mol. The molecule has 0 aromatic heterocycles. The van der Waals surface area contributed by atoms with Crippen molar-refractivity contribution in [1.82, 2.24) is 4.31 Å². The van der Waals surface area contributed by atoms with E-state index in [0.29, 0.717) is 10.7 Å². The molecular weight excluding hydrogens is 373 g/mol. The molecule has 1 aliphatic carbocycles. The number of nitrogens with zero attached hydrogens (tertiary/aromatic N) is 2. The molecule has 0 heterocycles. The van der Waals surface area contributed by atoms with E-state index < -0.39 is 23.3 Å². The summed E-state index contributed by atoms with van der Waals surface area (Å²) in [6.45, 7) is 5.02. The summed E-state index contributed by atoms with van der Waals surface area (Å²) in [7, 11) is 1.43. The Morgan fingerprint density at radius 2 is 2.04 bits per heavy atom. The van der Waals surface area contributed by atoms with Gasteiger partial charge in [0, 0.05) is 18.2 Å². The van der Waals surface area contributed by atoms with Crippen molar-refractivity contribution >= 4 is 35.4 Å². The molecule has 0 saturated heterocycles. The van der Waals surface area contributed by atoms with Gasteiger partial charge in [-0.25, -0.2) is 13.6 Å². The lowest BCUT2D eigenvalue weighted by Crippen LogP contribution is -2.35. The molecule has 1 aromatic carbocycles. The Hall–Kier alpha value is -1.35. The first-order valence-electron chi connectivity index (χ1n) is 7.57. The topological polar surface area (TPSA) is 41.9 Å². The zero-order valence-corrected chi connectivity index (χ0v) is 15.9. The van der Waals surface area contributed by atoms with Gasteiger partial charge in [0.1, 0.15) is 5.60 Å². The molecular formula is C16H19F3N2O2S2. The predicted molar refractivity (Wildman–Crippen MR) is 95.2 cm³/mol. The van der Waals surface area contributed by atoms with Crippen LogP contribution in [0.2, 0.25) is 0 Å². The molecule has 2 unspecified atom stereocenters. The molecule has 2 atom stereocenters. The third-order valence-electron chi connectivity index (χ3n) is 3.36. The van der Waals surface area contributed by atoms with Crippen molar-refractivity contribution in [2.45, 2.75) is 44.0 Å². The lowest BCUT2D eigenvalue weighted by Gasteiger charge is -2.24. The maximum atomic E-state index is 13.9. The Labute approximate surface area is 153 Å². The van der Waals surface area contributed by atoms with Crippen LogP contribution in [0.5, 0.6) is 0 Å². The molecule has 4 nitrogen and oxygen atoms in total. The fourth-order valence-corrected chi connectivity index (χ4v) is 3.81. The van der Waals surface area contributed by atoms with Gasteiger partial charge in [-0.2, -0.15) is 4.31 Å². The molecule has 0 radical (unpaired) electrons. The number of rotatable bonds is 3. The highest BCUT2D eigenvalue weighted by Crippen LogP contribution is 2.51. The minimum atomic E-state index is -0.896. The van der Waals surface area contributed by atoms with Crippen LogP contribution in [0.1, 0.15) is 38.7 Å². The minimum absolute atomic E-state index is 0.117. The van der Waals surface area contributed by atoms with E-state index in [2.05, 4.69) is 4.99 Å². The Bertz CT molecular complexity index is 680. The second-order valence-electron chi connectivity index (χ2n) is 6.49. The quantitative estimate of drug-likeness (QED) is 0.397. The molecule has 0 N–H and O–H groups in total. The third-order valence-corrected chi connectivity index (χ3v) is 5.34. The van der Waals surface area contributed by atoms with E-state index in [0.717, 1.165) is 17.8 Å². The standard InChI is InChI=1S/C16H19F3N2O2S2/c1-16(2,3)23-15(22)21(25-19)14(20-4)24-12-8-10(12)9-6-5-7-11(17)13(9)18/h5-7,10,12H,8H2,1-4H3. The van der Waals surface area contributed by atoms with Crippen molar-refractivity contribution in [3.05, 3.63) is 35.4 Å². The number of amides is 1. The summed E-state index contributed by atoms with van der Waals surface area (Å²) in [5, 5.41) is -0.00171. The zero-order valence-electron chi connectivity index (χ0n) is 14.3. The summed E-state index contributed by atoms with van der Waals surface area (Å²) in [6.07, 6.45) is -0.286. The van der Waals surface area contributed by atoms with Crippen LogP contribution in [-0.2, 0) is 4.74 Å². The SMILES string of the molecule is CN=C(SC1CC1c1cccc(F)c1F)N(SF)C(=O)OC(C)(C)C. The number of carbonyl (C=O) groups is 1. The Kier molecular flexibility index (Phi) is 6.31. The highest BCUT2D eigenvalue weighted by molar-refractivity contribution is 8.15. The zero-order chi connectivity index (χ0) is 18.8. The maximum absolute atomic E-state index is 13.9. The molecule has 1 saturated carbocycles. The Balaban J connectivity index is 2.05. The molecule has 25 heavy (non-hydrogen) atoms. The van der Waals surface area contributed by atoms with E-state index in [1.807, 2.05) is 0 Å². The summed E-state index contributed by atoms with van der Waals surface area (Å²) in [5.74, 6) is -1.97. The Morgan fingerprint density at radius 1 is 1.36 bits per heavy atom. The molecule has 138 valence electrons. The highest BCUT2D eigenvalue weighted by Gasteiger charge is 2.43. The molecule has 1 amide bonds. The van der Waals surface area contributed by atoms with Crippen LogP contribution < -0.4 is 0 Å². The maximum Gasteiger partial charge on any atom is 0.428 e. The molecule has 1 aliphatic rings. The van der Waals surface area contributed by atoms with E-state index in [9.17, 15) is 17.5 Å². The van der Waals surface area contributed by atoms with Crippen molar-refractivity contribution in [3.63, 3.8) is 0 Å². The second-order valence-corrected chi connectivity index (χ2v) is 8.20. The number of aliphatic imine (C=N–C) groups is 1. The van der Waals surface area contributed by atoms with Crippen LogP contribution in [0.25, 0.3) is 0 Å². The lowest BCUT2D eigenvalue weighted by atomic mass is 10.1. The molecule has 0 aliphatic heterocycles. The first-order valence-corrected chi connectivity index (χ1v) is 9.12. The van der Waals surface area contributed by atoms with Gasteiger partial charge in [0.25, 0.3) is 0 Å². The summed E-state index contributed by atoms with van der Waals surface area (Å²) in [6, 6.07) is 4.04. The molecule has 0 bridgehead atoms. The first kappa shape index (κ1) is 20.0. The van der Waals surface area contributed by atoms with Gasteiger partial charge in [-0.05, 0) is 38.8 Å². The molecule has 0 spiro atoms. The number of amidine groups is 1. The lowest BCUT2D eigenvalue weighted by molar-refractivity contribution is 0.0474. The summed E-state index contributed by atoms with van der Waals surface area (Å²) in [4.78, 5) is 16.0. The van der Waals surface area contributed by atoms with Crippen molar-refractivity contribution < 1.29 is 22.2 Å². The third kappa shape index (κ3) is 5.07. The van der Waals surface area contributed by atoms with Crippen LogP contribution in [0.15, 0.2) is 23.2 Å². The number of ether oxygens (including phenoxy) is 1. The predicted octanol–water partition coefficient (Wildman–Crippen LogP) is 5.31. The molecule has 9 heteroatoms. The average Bonchev–Trinajstić information content (AvgIpc) is 3.27. The van der Waals surface area contributed by atoms with E-state index in [4.69, 9.17) is 4.74 Å². The molecule has 1 aromatic rings. The van der Waals surface area contributed by atoms with Crippen LogP contribution in [0.4, 0.5) is 17.5 Å². The number of hydrogen-bond donors (Lipinski definition) is 0. The Morgan fingerprint density at radius 3 is 2.60 bits per heavy atom. The van der Waals surface area contributed by atoms with Crippen molar-refractivity contribution in [1.29, 1.82) is 0 Å². The number of benzene rings is 1. The monoisotopic (exact) mass is 392 g/mol. The smallest absolute Gasteiger partial charge is 0.428 e. The van der Waals surface area contributed by atoms with Crippen molar-refractivity contribution in [3.8, 4) is 0 Å². The first-order chi connectivity index (χ1) is 11.7. The van der Waals surface area contributed by atoms with Gasteiger partial charge < -0.3 is 4.74 Å². The van der Waals surface area contributed by atoms with Crippen molar-refractivity contribution in [2.75, 3.05) is 7.05 Å². The van der Waals surface area contributed by atoms with Crippen LogP contribution in [-0.4, -0.2) is 33.5 Å². The van der Waals surface area contributed by atoms with Crippen LogP contribution in [0, 0.1) is 11.6 Å². The fourth-order valence-electron chi connectivity index (χ4n) is 2.20. The summed E-state index contributed by atoms with van der Waals surface area (Å²) < 4.78 is 46.3. The minimum Gasteiger partial charge on any atom is -0.443 e. The van der Waals surface area contributed by atoms with E-state index in [-0.39, 0.29) is 34.2 Å². The number of halogens is 3. The number of hydrogen-bond acceptors (Lipinski definition) is 5. The summed E-state index contributed by atoms with van der Waals surface area (Å²) >= 11 is 0.837. The largest absolute Gasteiger partial charge is 0.443 e. The highest BCUT2D eigenvalue weighted by atomic mass is 32.2. The fraction of sp³-hybridized carbons (Fsp3) is 0.500. The van der Waals surface area contributed by atoms with Crippen LogP contribution >= 0.6 is 24.1 Å². The van der Waals surface area contributed by atoms with E-state index >= 15 is 0 Å². The molecule has 1 fully saturated rings. The molecule has 2 rings (SSSR count). The van der Waals surface area contributed by atoms with Gasteiger partial charge in [0.05, 0.1) is 0 Å². The number of carbonyl (C=O) groups excluding carboxylic acids is 1. The van der Waals surface area contributed by atoms with E-state index in [1.165, 1.54) is 19.2 Å². The second kappa shape index (κ2) is 7.90. The number of thioether (sulfide) groups is 1. The van der Waals surface area contributed by atoms with Gasteiger partial charge in [-0.1, -0.05) is 23.9 Å². The van der Waals surface area contributed by atoms with Gasteiger partial charge in [-0.3, -0.25) is 4.99 Å². The van der Waals surface area contributed by atoms with Gasteiger partial charge in [-0.15, -0.1) is 3.89 Å². The van der Waals surface area contributed by atoms with E-state index in [1.54, 1.807) is 20.8 Å². The van der Waals surface area contributed by atoms with Gasteiger partial charge in [0.2, 0.25) is 0 Å². The van der Waals surface area contributed by atoms with Gasteiger partial charge in [0.15, 0.2) is 29.1 Å². The van der Waals surface area contributed by atoms with Crippen LogP contribution in [0.3, 0.4) is 0 Å². The normalized spacial score (nSPS) is 20.4. The van der Waals surface area contributed by atoms with Gasteiger partial charge >= 0.3 is 6.09 Å².